The molecular weight excluding hydrogens is 333 g/mol. The number of halogens is 3. The largest absolute Gasteiger partial charge is 0.391 e. The number of nitrogens with zero attached hydrogens (tertiary/aromatic N) is 3. The molecule has 0 saturated heterocycles. The fourth-order valence-electron chi connectivity index (χ4n) is 3.12. The van der Waals surface area contributed by atoms with E-state index in [-0.39, 0.29) is 25.2 Å². The molecule has 0 aliphatic heterocycles. The van der Waals surface area contributed by atoms with E-state index < -0.39 is 18.1 Å². The zero-order valence-corrected chi connectivity index (χ0v) is 13.5. The Morgan fingerprint density at radius 1 is 1.24 bits per heavy atom. The third-order valence-corrected chi connectivity index (χ3v) is 4.37. The molecule has 1 saturated carbocycles. The fraction of sp³-hybridized carbons (Fsp3) is 0.471. The smallest absolute Gasteiger partial charge is 0.353 e. The third kappa shape index (κ3) is 4.58. The van der Waals surface area contributed by atoms with E-state index in [1.54, 1.807) is 0 Å². The Balaban J connectivity index is 1.55. The summed E-state index contributed by atoms with van der Waals surface area (Å²) < 4.78 is 38.5. The van der Waals surface area contributed by atoms with Crippen LogP contribution in [0.3, 0.4) is 0 Å². The van der Waals surface area contributed by atoms with Gasteiger partial charge in [0, 0.05) is 6.04 Å². The van der Waals surface area contributed by atoms with Gasteiger partial charge in [-0.2, -0.15) is 28.2 Å². The molecular formula is C17H19F3N4O. The predicted octanol–water partition coefficient (Wildman–Crippen LogP) is 3.05. The minimum absolute atomic E-state index is 0.0000180. The molecule has 1 fully saturated rings. The lowest BCUT2D eigenvalue weighted by Crippen LogP contribution is -2.42. The second-order valence-corrected chi connectivity index (χ2v) is 6.31. The third-order valence-electron chi connectivity index (χ3n) is 4.37. The summed E-state index contributed by atoms with van der Waals surface area (Å²) in [5.41, 5.74) is 1.25. The molecule has 5 nitrogen and oxygen atoms in total. The van der Waals surface area contributed by atoms with Crippen LogP contribution >= 0.6 is 0 Å². The lowest BCUT2D eigenvalue weighted by Gasteiger charge is -2.30. The van der Waals surface area contributed by atoms with Crippen molar-refractivity contribution in [2.45, 2.75) is 44.3 Å². The first-order valence-corrected chi connectivity index (χ1v) is 8.24. The van der Waals surface area contributed by atoms with E-state index in [9.17, 15) is 18.0 Å². The van der Waals surface area contributed by atoms with Crippen molar-refractivity contribution in [3.63, 3.8) is 0 Å². The van der Waals surface area contributed by atoms with Crippen LogP contribution in [0, 0.1) is 5.92 Å². The lowest BCUT2D eigenvalue weighted by molar-refractivity contribution is -0.184. The van der Waals surface area contributed by atoms with Crippen LogP contribution in [-0.2, 0) is 11.2 Å². The number of hydrogen-bond donors (Lipinski definition) is 1. The van der Waals surface area contributed by atoms with Crippen molar-refractivity contribution in [1.82, 2.24) is 20.3 Å². The standard InChI is InChI=1S/C17H19F3N4O/c18-17(19,20)12-5-4-6-13(9-12)22-16(25)10-14-11-21-24(23-14)15-7-2-1-3-8-15/h1-3,7-8,11-13H,4-6,9-10H2,(H,22,25)/t12-,13-/m0/s1. The molecule has 2 aromatic rings. The first-order valence-electron chi connectivity index (χ1n) is 8.24. The summed E-state index contributed by atoms with van der Waals surface area (Å²) in [5.74, 6) is -1.65. The average Bonchev–Trinajstić information content (AvgIpc) is 3.03. The average molecular weight is 352 g/mol. The number of carbonyl (C=O) groups is 1. The summed E-state index contributed by atoms with van der Waals surface area (Å²) in [6.07, 6.45) is -1.56. The predicted molar refractivity (Wildman–Crippen MR) is 85.0 cm³/mol. The molecule has 1 N–H and O–H groups in total. The van der Waals surface area contributed by atoms with Crippen LogP contribution in [0.15, 0.2) is 36.5 Å². The Morgan fingerprint density at radius 3 is 2.72 bits per heavy atom. The van der Waals surface area contributed by atoms with Crippen molar-refractivity contribution < 1.29 is 18.0 Å². The van der Waals surface area contributed by atoms with Crippen molar-refractivity contribution in [3.8, 4) is 5.69 Å². The maximum Gasteiger partial charge on any atom is 0.391 e. The van der Waals surface area contributed by atoms with E-state index in [0.29, 0.717) is 18.5 Å². The zero-order valence-electron chi connectivity index (χ0n) is 13.5. The highest BCUT2D eigenvalue weighted by Crippen LogP contribution is 2.37. The molecule has 3 rings (SSSR count). The molecule has 0 spiro atoms. The van der Waals surface area contributed by atoms with Gasteiger partial charge in [-0.05, 0) is 31.4 Å². The highest BCUT2D eigenvalue weighted by atomic mass is 19.4. The lowest BCUT2D eigenvalue weighted by atomic mass is 9.85. The Kier molecular flexibility index (Phi) is 5.06. The van der Waals surface area contributed by atoms with Gasteiger partial charge in [0.1, 0.15) is 0 Å². The Hall–Kier alpha value is -2.38. The number of para-hydroxylation sites is 1. The van der Waals surface area contributed by atoms with Crippen molar-refractivity contribution in [2.75, 3.05) is 0 Å². The van der Waals surface area contributed by atoms with E-state index >= 15 is 0 Å². The van der Waals surface area contributed by atoms with Gasteiger partial charge in [0.2, 0.25) is 5.91 Å². The van der Waals surface area contributed by atoms with E-state index in [1.807, 2.05) is 30.3 Å². The number of nitrogens with one attached hydrogen (secondary N) is 1. The van der Waals surface area contributed by atoms with Crippen molar-refractivity contribution in [1.29, 1.82) is 0 Å². The molecule has 0 radical (unpaired) electrons. The molecule has 0 bridgehead atoms. The van der Waals surface area contributed by atoms with Gasteiger partial charge in [-0.1, -0.05) is 24.6 Å². The normalized spacial score (nSPS) is 21.1. The first kappa shape index (κ1) is 17.4. The molecule has 1 aliphatic rings. The number of benzene rings is 1. The molecule has 1 amide bonds. The monoisotopic (exact) mass is 352 g/mol. The molecule has 1 aliphatic carbocycles. The second kappa shape index (κ2) is 7.25. The van der Waals surface area contributed by atoms with Gasteiger partial charge in [0.25, 0.3) is 0 Å². The molecule has 0 unspecified atom stereocenters. The summed E-state index contributed by atoms with van der Waals surface area (Å²) in [6.45, 7) is 0. The Morgan fingerprint density at radius 2 is 2.00 bits per heavy atom. The summed E-state index contributed by atoms with van der Waals surface area (Å²) in [4.78, 5) is 13.5. The van der Waals surface area contributed by atoms with E-state index in [1.165, 1.54) is 11.0 Å². The highest BCUT2D eigenvalue weighted by molar-refractivity contribution is 5.78. The SMILES string of the molecule is O=C(Cc1cnn(-c2ccccc2)n1)N[C@H]1CCC[C@H](C(F)(F)F)C1. The van der Waals surface area contributed by atoms with E-state index in [0.717, 1.165) is 5.69 Å². The molecule has 2 atom stereocenters. The van der Waals surface area contributed by atoms with Crippen molar-refractivity contribution in [2.24, 2.45) is 5.92 Å². The van der Waals surface area contributed by atoms with Crippen LogP contribution in [0.25, 0.3) is 5.69 Å². The van der Waals surface area contributed by atoms with Gasteiger partial charge < -0.3 is 5.32 Å². The van der Waals surface area contributed by atoms with Gasteiger partial charge in [-0.3, -0.25) is 4.79 Å². The van der Waals surface area contributed by atoms with Crippen molar-refractivity contribution in [3.05, 3.63) is 42.2 Å². The number of aromatic nitrogens is 3. The van der Waals surface area contributed by atoms with Gasteiger partial charge in [0.15, 0.2) is 0 Å². The Bertz CT molecular complexity index is 714. The number of rotatable bonds is 4. The molecule has 1 aromatic carbocycles. The van der Waals surface area contributed by atoms with Crippen LogP contribution < -0.4 is 5.32 Å². The quantitative estimate of drug-likeness (QED) is 0.920. The van der Waals surface area contributed by atoms with E-state index in [2.05, 4.69) is 15.5 Å². The fourth-order valence-corrected chi connectivity index (χ4v) is 3.12. The topological polar surface area (TPSA) is 59.8 Å². The van der Waals surface area contributed by atoms with Gasteiger partial charge in [-0.25, -0.2) is 0 Å². The molecule has 1 aromatic heterocycles. The van der Waals surface area contributed by atoms with Crippen LogP contribution in [0.1, 0.15) is 31.4 Å². The number of alkyl halides is 3. The molecule has 25 heavy (non-hydrogen) atoms. The van der Waals surface area contributed by atoms with Crippen LogP contribution in [0.2, 0.25) is 0 Å². The molecule has 8 heteroatoms. The van der Waals surface area contributed by atoms with Crippen LogP contribution in [-0.4, -0.2) is 33.1 Å². The van der Waals surface area contributed by atoms with Gasteiger partial charge in [-0.15, -0.1) is 0 Å². The van der Waals surface area contributed by atoms with Crippen LogP contribution in [0.4, 0.5) is 13.2 Å². The summed E-state index contributed by atoms with van der Waals surface area (Å²) >= 11 is 0. The van der Waals surface area contributed by atoms with Gasteiger partial charge in [0.05, 0.1) is 29.9 Å². The molecule has 1 heterocycles. The highest BCUT2D eigenvalue weighted by Gasteiger charge is 2.42. The second-order valence-electron chi connectivity index (χ2n) is 6.31. The number of hydrogen-bond acceptors (Lipinski definition) is 3. The first-order chi connectivity index (χ1) is 11.9. The zero-order chi connectivity index (χ0) is 17.9. The molecule has 134 valence electrons. The minimum atomic E-state index is -4.19. The maximum atomic E-state index is 12.8. The number of carbonyl (C=O) groups excluding carboxylic acids is 1. The minimum Gasteiger partial charge on any atom is -0.353 e. The van der Waals surface area contributed by atoms with Crippen LogP contribution in [0.5, 0.6) is 0 Å². The van der Waals surface area contributed by atoms with Gasteiger partial charge >= 0.3 is 6.18 Å². The van der Waals surface area contributed by atoms with Crippen molar-refractivity contribution >= 4 is 5.91 Å². The van der Waals surface area contributed by atoms with E-state index in [4.69, 9.17) is 0 Å². The number of amides is 1. The Labute approximate surface area is 143 Å². The maximum absolute atomic E-state index is 12.8. The summed E-state index contributed by atoms with van der Waals surface area (Å²) in [7, 11) is 0. The summed E-state index contributed by atoms with van der Waals surface area (Å²) in [6, 6.07) is 8.82. The summed E-state index contributed by atoms with van der Waals surface area (Å²) in [5, 5.41) is 11.0.